The first-order chi connectivity index (χ1) is 12.2. The summed E-state index contributed by atoms with van der Waals surface area (Å²) < 4.78 is 15.9. The number of ether oxygens (including phenoxy) is 3. The summed E-state index contributed by atoms with van der Waals surface area (Å²) in [6.45, 7) is 2.48. The van der Waals surface area contributed by atoms with Crippen LogP contribution in [0.15, 0.2) is 47.6 Å². The molecule has 25 heavy (non-hydrogen) atoms. The van der Waals surface area contributed by atoms with Crippen molar-refractivity contribution in [3.8, 4) is 17.2 Å². The lowest BCUT2D eigenvalue weighted by molar-refractivity contribution is -0.120. The molecule has 0 atom stereocenters. The highest BCUT2D eigenvalue weighted by Gasteiger charge is 2.08. The van der Waals surface area contributed by atoms with Crippen molar-refractivity contribution in [2.24, 2.45) is 5.10 Å². The highest BCUT2D eigenvalue weighted by molar-refractivity contribution is 5.85. The number of hydrogen-bond donors (Lipinski definition) is 1. The van der Waals surface area contributed by atoms with Crippen molar-refractivity contribution in [2.45, 2.75) is 13.3 Å². The number of amides is 1. The van der Waals surface area contributed by atoms with Gasteiger partial charge in [0, 0.05) is 5.56 Å². The molecule has 0 fully saturated rings. The van der Waals surface area contributed by atoms with Crippen LogP contribution in [0.25, 0.3) is 0 Å². The number of hydrazone groups is 1. The Kier molecular flexibility index (Phi) is 6.83. The van der Waals surface area contributed by atoms with Crippen LogP contribution in [0.2, 0.25) is 0 Å². The minimum atomic E-state index is -0.225. The first-order valence-corrected chi connectivity index (χ1v) is 7.92. The van der Waals surface area contributed by atoms with Gasteiger partial charge in [0.25, 0.3) is 0 Å². The molecule has 0 aromatic heterocycles. The molecule has 0 aliphatic heterocycles. The minimum absolute atomic E-state index is 0.185. The number of carbonyl (C=O) groups is 1. The summed E-state index contributed by atoms with van der Waals surface area (Å²) in [7, 11) is 3.13. The normalized spacial score (nSPS) is 10.5. The van der Waals surface area contributed by atoms with Gasteiger partial charge in [-0.1, -0.05) is 18.2 Å². The van der Waals surface area contributed by atoms with Crippen LogP contribution in [0.4, 0.5) is 0 Å². The van der Waals surface area contributed by atoms with Crippen LogP contribution in [0.1, 0.15) is 18.1 Å². The number of hydrogen-bond acceptors (Lipinski definition) is 5. The number of carbonyl (C=O) groups excluding carboxylic acids is 1. The molecule has 1 N–H and O–H groups in total. The maximum Gasteiger partial charge on any atom is 0.244 e. The molecular weight excluding hydrogens is 320 g/mol. The Labute approximate surface area is 147 Å². The van der Waals surface area contributed by atoms with Gasteiger partial charge in [-0.25, -0.2) is 5.43 Å². The van der Waals surface area contributed by atoms with Gasteiger partial charge < -0.3 is 14.2 Å². The summed E-state index contributed by atoms with van der Waals surface area (Å²) in [4.78, 5) is 12.0. The maximum absolute atomic E-state index is 12.0. The molecule has 6 heteroatoms. The lowest BCUT2D eigenvalue weighted by atomic mass is 10.1. The lowest BCUT2D eigenvalue weighted by Gasteiger charge is -2.09. The lowest BCUT2D eigenvalue weighted by Crippen LogP contribution is -2.19. The van der Waals surface area contributed by atoms with Gasteiger partial charge in [0.15, 0.2) is 11.5 Å². The van der Waals surface area contributed by atoms with Crippen molar-refractivity contribution in [1.82, 2.24) is 5.43 Å². The van der Waals surface area contributed by atoms with Gasteiger partial charge in [-0.05, 0) is 36.8 Å². The van der Waals surface area contributed by atoms with Crippen molar-refractivity contribution in [2.75, 3.05) is 20.8 Å². The van der Waals surface area contributed by atoms with Crippen molar-refractivity contribution in [1.29, 1.82) is 0 Å². The third kappa shape index (κ3) is 5.24. The third-order valence-corrected chi connectivity index (χ3v) is 3.42. The van der Waals surface area contributed by atoms with E-state index in [0.717, 1.165) is 16.9 Å². The van der Waals surface area contributed by atoms with Gasteiger partial charge in [0.1, 0.15) is 5.75 Å². The molecule has 0 aliphatic rings. The van der Waals surface area contributed by atoms with E-state index >= 15 is 0 Å². The second-order valence-corrected chi connectivity index (χ2v) is 5.13. The first-order valence-electron chi connectivity index (χ1n) is 7.92. The van der Waals surface area contributed by atoms with Crippen LogP contribution >= 0.6 is 0 Å². The topological polar surface area (TPSA) is 69.2 Å². The van der Waals surface area contributed by atoms with E-state index in [4.69, 9.17) is 14.2 Å². The highest BCUT2D eigenvalue weighted by Crippen LogP contribution is 2.27. The molecule has 0 unspecified atom stereocenters. The number of para-hydroxylation sites is 1. The summed E-state index contributed by atoms with van der Waals surface area (Å²) in [5.41, 5.74) is 4.13. The highest BCUT2D eigenvalue weighted by atomic mass is 16.5. The molecule has 2 aromatic carbocycles. The van der Waals surface area contributed by atoms with Crippen LogP contribution in [0.5, 0.6) is 17.2 Å². The van der Waals surface area contributed by atoms with Crippen LogP contribution in [0.3, 0.4) is 0 Å². The number of rotatable bonds is 8. The zero-order valence-electron chi connectivity index (χ0n) is 14.6. The van der Waals surface area contributed by atoms with E-state index in [2.05, 4.69) is 10.5 Å². The molecule has 2 aromatic rings. The SMILES string of the molecule is CCOc1ccccc1C=NNC(=O)Cc1ccc(OC)c(OC)c1. The van der Waals surface area contributed by atoms with Crippen molar-refractivity contribution >= 4 is 12.1 Å². The Morgan fingerprint density at radius 1 is 1.08 bits per heavy atom. The Bertz CT molecular complexity index is 744. The predicted molar refractivity (Wildman–Crippen MR) is 96.6 cm³/mol. The Morgan fingerprint density at radius 2 is 1.84 bits per heavy atom. The summed E-state index contributed by atoms with van der Waals surface area (Å²) >= 11 is 0. The van der Waals surface area contributed by atoms with Crippen LogP contribution in [0, 0.1) is 0 Å². The molecule has 0 radical (unpaired) electrons. The van der Waals surface area contributed by atoms with E-state index in [0.29, 0.717) is 18.1 Å². The molecule has 0 heterocycles. The average Bonchev–Trinajstić information content (AvgIpc) is 2.63. The molecule has 0 aliphatic carbocycles. The quantitative estimate of drug-likeness (QED) is 0.592. The van der Waals surface area contributed by atoms with E-state index < -0.39 is 0 Å². The third-order valence-electron chi connectivity index (χ3n) is 3.42. The van der Waals surface area contributed by atoms with E-state index in [1.165, 1.54) is 0 Å². The fourth-order valence-electron chi connectivity index (χ4n) is 2.26. The van der Waals surface area contributed by atoms with Crippen LogP contribution in [-0.2, 0) is 11.2 Å². The average molecular weight is 342 g/mol. The summed E-state index contributed by atoms with van der Waals surface area (Å²) in [5.74, 6) is 1.71. The summed E-state index contributed by atoms with van der Waals surface area (Å²) in [6, 6.07) is 12.9. The molecular formula is C19H22N2O4. The van der Waals surface area contributed by atoms with Gasteiger partial charge >= 0.3 is 0 Å². The molecule has 0 saturated carbocycles. The second-order valence-electron chi connectivity index (χ2n) is 5.13. The molecule has 2 rings (SSSR count). The number of nitrogens with zero attached hydrogens (tertiary/aromatic N) is 1. The van der Waals surface area contributed by atoms with Gasteiger partial charge in [-0.3, -0.25) is 4.79 Å². The monoisotopic (exact) mass is 342 g/mol. The maximum atomic E-state index is 12.0. The molecule has 0 saturated heterocycles. The zero-order valence-corrected chi connectivity index (χ0v) is 14.6. The summed E-state index contributed by atoms with van der Waals surface area (Å²) in [5, 5.41) is 4.00. The Morgan fingerprint density at radius 3 is 2.56 bits per heavy atom. The van der Waals surface area contributed by atoms with Crippen LogP contribution < -0.4 is 19.6 Å². The van der Waals surface area contributed by atoms with E-state index in [-0.39, 0.29) is 12.3 Å². The molecule has 6 nitrogen and oxygen atoms in total. The number of methoxy groups -OCH3 is 2. The van der Waals surface area contributed by atoms with Crippen LogP contribution in [-0.4, -0.2) is 32.9 Å². The van der Waals surface area contributed by atoms with Gasteiger partial charge in [0.2, 0.25) is 5.91 Å². The molecule has 132 valence electrons. The van der Waals surface area contributed by atoms with Gasteiger partial charge in [-0.2, -0.15) is 5.10 Å². The van der Waals surface area contributed by atoms with E-state index in [9.17, 15) is 4.79 Å². The minimum Gasteiger partial charge on any atom is -0.493 e. The second kappa shape index (κ2) is 9.32. The van der Waals surface area contributed by atoms with Gasteiger partial charge in [0.05, 0.1) is 33.5 Å². The van der Waals surface area contributed by atoms with E-state index in [1.807, 2.05) is 37.3 Å². The number of nitrogens with one attached hydrogen (secondary N) is 1. The molecule has 1 amide bonds. The Hall–Kier alpha value is -3.02. The predicted octanol–water partition coefficient (Wildman–Crippen LogP) is 2.80. The van der Waals surface area contributed by atoms with Crippen molar-refractivity contribution in [3.63, 3.8) is 0 Å². The standard InChI is InChI=1S/C19H22N2O4/c1-4-25-16-8-6-5-7-15(16)13-20-21-19(22)12-14-9-10-17(23-2)18(11-14)24-3/h5-11,13H,4,12H2,1-3H3,(H,21,22). The van der Waals surface area contributed by atoms with Crippen molar-refractivity contribution < 1.29 is 19.0 Å². The first kappa shape index (κ1) is 18.3. The van der Waals surface area contributed by atoms with Gasteiger partial charge in [-0.15, -0.1) is 0 Å². The van der Waals surface area contributed by atoms with E-state index in [1.54, 1.807) is 32.6 Å². The molecule has 0 bridgehead atoms. The smallest absolute Gasteiger partial charge is 0.244 e. The number of benzene rings is 2. The van der Waals surface area contributed by atoms with Crippen molar-refractivity contribution in [3.05, 3.63) is 53.6 Å². The largest absolute Gasteiger partial charge is 0.493 e. The fourth-order valence-corrected chi connectivity index (χ4v) is 2.26. The Balaban J connectivity index is 1.97. The molecule has 0 spiro atoms. The summed E-state index contributed by atoms with van der Waals surface area (Å²) in [6.07, 6.45) is 1.75. The zero-order chi connectivity index (χ0) is 18.1. The fraction of sp³-hybridized carbons (Fsp3) is 0.263.